The lowest BCUT2D eigenvalue weighted by molar-refractivity contribution is -0.136. The summed E-state index contributed by atoms with van der Waals surface area (Å²) in [6, 6.07) is 6.15. The molecule has 6 nitrogen and oxygen atoms in total. The van der Waals surface area contributed by atoms with E-state index in [1.165, 1.54) is 0 Å². The van der Waals surface area contributed by atoms with Crippen molar-refractivity contribution in [1.29, 1.82) is 0 Å². The average Bonchev–Trinajstić information content (AvgIpc) is 2.71. The lowest BCUT2D eigenvalue weighted by Gasteiger charge is -2.36. The highest BCUT2D eigenvalue weighted by Crippen LogP contribution is 2.23. The molecule has 0 aromatic heterocycles. The standard InChI is InChI=1S/C22H32ClN3O3/c1-5-15(4)24-21(28)19(25-20(27)17-8-6-7-9-18(17)23)16-10-12-26(13-11-16)22(29)14(2)3/h6-9,14-16,19H,5,10-13H2,1-4H3,(H,24,28)(H,25,27)/t15-,19+/m0/s1. The molecule has 0 spiro atoms. The van der Waals surface area contributed by atoms with Gasteiger partial charge in [-0.25, -0.2) is 0 Å². The molecule has 0 bridgehead atoms. The molecule has 2 N–H and O–H groups in total. The molecule has 0 unspecified atom stereocenters. The van der Waals surface area contributed by atoms with Gasteiger partial charge in [-0.2, -0.15) is 0 Å². The molecule has 1 heterocycles. The van der Waals surface area contributed by atoms with Gasteiger partial charge < -0.3 is 15.5 Å². The molecule has 1 aromatic rings. The van der Waals surface area contributed by atoms with Crippen LogP contribution >= 0.6 is 11.6 Å². The predicted octanol–water partition coefficient (Wildman–Crippen LogP) is 3.25. The van der Waals surface area contributed by atoms with Crippen LogP contribution in [-0.4, -0.2) is 47.8 Å². The van der Waals surface area contributed by atoms with Gasteiger partial charge in [-0.05, 0) is 44.2 Å². The van der Waals surface area contributed by atoms with Crippen LogP contribution in [0.2, 0.25) is 5.02 Å². The van der Waals surface area contributed by atoms with Crippen molar-refractivity contribution in [3.8, 4) is 0 Å². The van der Waals surface area contributed by atoms with Crippen LogP contribution in [0, 0.1) is 11.8 Å². The number of hydrogen-bond donors (Lipinski definition) is 2. The summed E-state index contributed by atoms with van der Waals surface area (Å²) in [5.74, 6) is -0.504. The van der Waals surface area contributed by atoms with Gasteiger partial charge in [-0.3, -0.25) is 14.4 Å². The molecule has 1 aliphatic heterocycles. The van der Waals surface area contributed by atoms with Crippen molar-refractivity contribution in [1.82, 2.24) is 15.5 Å². The van der Waals surface area contributed by atoms with Gasteiger partial charge in [0.2, 0.25) is 11.8 Å². The van der Waals surface area contributed by atoms with E-state index in [1.54, 1.807) is 24.3 Å². The second-order valence-electron chi connectivity index (χ2n) is 8.07. The first-order chi connectivity index (χ1) is 13.7. The zero-order valence-corrected chi connectivity index (χ0v) is 18.5. The quantitative estimate of drug-likeness (QED) is 0.709. The molecule has 0 aliphatic carbocycles. The van der Waals surface area contributed by atoms with Gasteiger partial charge in [0, 0.05) is 25.0 Å². The lowest BCUT2D eigenvalue weighted by atomic mass is 9.88. The summed E-state index contributed by atoms with van der Waals surface area (Å²) >= 11 is 6.15. The number of carbonyl (C=O) groups excluding carboxylic acids is 3. The highest BCUT2D eigenvalue weighted by atomic mass is 35.5. The third kappa shape index (κ3) is 6.20. The molecule has 1 saturated heterocycles. The lowest BCUT2D eigenvalue weighted by Crippen LogP contribution is -2.55. The van der Waals surface area contributed by atoms with Crippen molar-refractivity contribution >= 4 is 29.3 Å². The van der Waals surface area contributed by atoms with Gasteiger partial charge in [0.1, 0.15) is 6.04 Å². The number of piperidine rings is 1. The summed E-state index contributed by atoms with van der Waals surface area (Å²) in [5, 5.41) is 6.23. The summed E-state index contributed by atoms with van der Waals surface area (Å²) in [4.78, 5) is 39.9. The average molecular weight is 422 g/mol. The SMILES string of the molecule is CC[C@H](C)NC(=O)[C@H](NC(=O)c1ccccc1Cl)C1CCN(C(=O)C(C)C)CC1. The van der Waals surface area contributed by atoms with E-state index in [2.05, 4.69) is 10.6 Å². The van der Waals surface area contributed by atoms with E-state index in [-0.39, 0.29) is 35.6 Å². The predicted molar refractivity (Wildman–Crippen MR) is 115 cm³/mol. The monoisotopic (exact) mass is 421 g/mol. The van der Waals surface area contributed by atoms with Crippen LogP contribution in [0.5, 0.6) is 0 Å². The van der Waals surface area contributed by atoms with Gasteiger partial charge in [-0.15, -0.1) is 0 Å². The minimum absolute atomic E-state index is 0.0184. The van der Waals surface area contributed by atoms with Crippen LogP contribution in [0.1, 0.15) is 57.3 Å². The second kappa shape index (κ2) is 10.6. The van der Waals surface area contributed by atoms with Crippen LogP contribution in [0.15, 0.2) is 24.3 Å². The minimum Gasteiger partial charge on any atom is -0.352 e. The number of halogens is 1. The normalized spacial score (nSPS) is 17.0. The first kappa shape index (κ1) is 23.2. The third-order valence-electron chi connectivity index (χ3n) is 5.51. The van der Waals surface area contributed by atoms with Gasteiger partial charge in [0.05, 0.1) is 10.6 Å². The molecule has 2 atom stereocenters. The number of nitrogens with one attached hydrogen (secondary N) is 2. The summed E-state index contributed by atoms with van der Waals surface area (Å²) in [7, 11) is 0. The van der Waals surface area contributed by atoms with Crippen molar-refractivity contribution in [2.45, 2.75) is 59.0 Å². The molecule has 1 aromatic carbocycles. The Balaban J connectivity index is 2.13. The van der Waals surface area contributed by atoms with E-state index in [0.717, 1.165) is 6.42 Å². The van der Waals surface area contributed by atoms with Crippen LogP contribution in [0.4, 0.5) is 0 Å². The van der Waals surface area contributed by atoms with Crippen LogP contribution in [-0.2, 0) is 9.59 Å². The second-order valence-corrected chi connectivity index (χ2v) is 8.47. The number of benzene rings is 1. The molecule has 0 radical (unpaired) electrons. The highest BCUT2D eigenvalue weighted by Gasteiger charge is 2.34. The molecular weight excluding hydrogens is 390 g/mol. The highest BCUT2D eigenvalue weighted by molar-refractivity contribution is 6.33. The Morgan fingerprint density at radius 3 is 2.28 bits per heavy atom. The Bertz CT molecular complexity index is 730. The number of likely N-dealkylation sites (tertiary alicyclic amines) is 1. The summed E-state index contributed by atoms with van der Waals surface area (Å²) in [6.45, 7) is 8.90. The fourth-order valence-corrected chi connectivity index (χ4v) is 3.74. The molecule has 2 rings (SSSR count). The number of amides is 3. The molecule has 7 heteroatoms. The zero-order chi connectivity index (χ0) is 21.6. The number of hydrogen-bond acceptors (Lipinski definition) is 3. The van der Waals surface area contributed by atoms with E-state index >= 15 is 0 Å². The fourth-order valence-electron chi connectivity index (χ4n) is 3.51. The smallest absolute Gasteiger partial charge is 0.253 e. The zero-order valence-electron chi connectivity index (χ0n) is 17.7. The maximum absolute atomic E-state index is 12.9. The van der Waals surface area contributed by atoms with Crippen LogP contribution in [0.3, 0.4) is 0 Å². The molecule has 29 heavy (non-hydrogen) atoms. The first-order valence-electron chi connectivity index (χ1n) is 10.4. The molecule has 1 aliphatic rings. The Kier molecular flexibility index (Phi) is 8.50. The van der Waals surface area contributed by atoms with E-state index in [9.17, 15) is 14.4 Å². The van der Waals surface area contributed by atoms with Gasteiger partial charge >= 0.3 is 0 Å². The van der Waals surface area contributed by atoms with Crippen LogP contribution < -0.4 is 10.6 Å². The maximum Gasteiger partial charge on any atom is 0.253 e. The Morgan fingerprint density at radius 2 is 1.72 bits per heavy atom. The molecule has 3 amide bonds. The van der Waals surface area contributed by atoms with Gasteiger partial charge in [-0.1, -0.05) is 44.5 Å². The van der Waals surface area contributed by atoms with Crippen molar-refractivity contribution in [2.75, 3.05) is 13.1 Å². The van der Waals surface area contributed by atoms with E-state index in [0.29, 0.717) is 36.5 Å². The largest absolute Gasteiger partial charge is 0.352 e. The first-order valence-corrected chi connectivity index (χ1v) is 10.8. The summed E-state index contributed by atoms with van der Waals surface area (Å²) in [5.41, 5.74) is 0.350. The number of rotatable bonds is 7. The maximum atomic E-state index is 12.9. The Labute approximate surface area is 178 Å². The van der Waals surface area contributed by atoms with E-state index in [4.69, 9.17) is 11.6 Å². The third-order valence-corrected chi connectivity index (χ3v) is 5.83. The Morgan fingerprint density at radius 1 is 1.10 bits per heavy atom. The molecular formula is C22H32ClN3O3. The minimum atomic E-state index is -0.663. The van der Waals surface area contributed by atoms with Crippen molar-refractivity contribution < 1.29 is 14.4 Å². The van der Waals surface area contributed by atoms with Crippen molar-refractivity contribution in [3.63, 3.8) is 0 Å². The topological polar surface area (TPSA) is 78.5 Å². The van der Waals surface area contributed by atoms with E-state index in [1.807, 2.05) is 32.6 Å². The van der Waals surface area contributed by atoms with Crippen molar-refractivity contribution in [2.24, 2.45) is 11.8 Å². The molecule has 160 valence electrons. The number of nitrogens with zero attached hydrogens (tertiary/aromatic N) is 1. The number of carbonyl (C=O) groups is 3. The van der Waals surface area contributed by atoms with Crippen LogP contribution in [0.25, 0.3) is 0 Å². The fraction of sp³-hybridized carbons (Fsp3) is 0.591. The molecule has 1 fully saturated rings. The summed E-state index contributed by atoms with van der Waals surface area (Å²) < 4.78 is 0. The van der Waals surface area contributed by atoms with Crippen molar-refractivity contribution in [3.05, 3.63) is 34.9 Å². The van der Waals surface area contributed by atoms with E-state index < -0.39 is 6.04 Å². The Hall–Kier alpha value is -2.08. The summed E-state index contributed by atoms with van der Waals surface area (Å²) in [6.07, 6.45) is 2.14. The van der Waals surface area contributed by atoms with Gasteiger partial charge in [0.25, 0.3) is 5.91 Å². The van der Waals surface area contributed by atoms with Gasteiger partial charge in [0.15, 0.2) is 0 Å². The molecule has 0 saturated carbocycles.